The van der Waals surface area contributed by atoms with Gasteiger partial charge in [-0.3, -0.25) is 10.1 Å². The molecule has 0 radical (unpaired) electrons. The van der Waals surface area contributed by atoms with E-state index in [1.54, 1.807) is 24.3 Å². The van der Waals surface area contributed by atoms with Crippen LogP contribution in [0.2, 0.25) is 0 Å². The lowest BCUT2D eigenvalue weighted by Crippen LogP contribution is -2.04. The topological polar surface area (TPSA) is 89.7 Å². The average molecular weight is 385 g/mol. The van der Waals surface area contributed by atoms with Crippen LogP contribution in [0, 0.1) is 13.7 Å². The van der Waals surface area contributed by atoms with Crippen molar-refractivity contribution in [2.45, 2.75) is 0 Å². The molecule has 2 aromatic carbocycles. The summed E-state index contributed by atoms with van der Waals surface area (Å²) in [4.78, 5) is 21.4. The molecule has 102 valence electrons. The molecule has 6 nitrogen and oxygen atoms in total. The highest BCUT2D eigenvalue weighted by Gasteiger charge is 2.25. The molecule has 0 heterocycles. The van der Waals surface area contributed by atoms with Crippen molar-refractivity contribution >= 4 is 34.2 Å². The van der Waals surface area contributed by atoms with Crippen molar-refractivity contribution in [2.24, 2.45) is 0 Å². The Hall–Kier alpha value is -2.16. The number of hydrogen-bond donors (Lipinski definition) is 1. The number of carboxylic acids is 1. The first-order valence-corrected chi connectivity index (χ1v) is 6.51. The van der Waals surface area contributed by atoms with Gasteiger partial charge in [-0.25, -0.2) is 4.79 Å². The second-order valence-electron chi connectivity index (χ2n) is 3.75. The van der Waals surface area contributed by atoms with Crippen LogP contribution in [0.15, 0.2) is 42.5 Å². The summed E-state index contributed by atoms with van der Waals surface area (Å²) in [5.41, 5.74) is -0.960. The SMILES string of the molecule is O=C(O)c1cccc(Oc2ccccc2I)c1[N+](=O)[O-]. The van der Waals surface area contributed by atoms with Crippen LogP contribution in [0.25, 0.3) is 0 Å². The lowest BCUT2D eigenvalue weighted by atomic mass is 10.1. The maximum atomic E-state index is 11.1. The fourth-order valence-corrected chi connectivity index (χ4v) is 2.11. The first-order chi connectivity index (χ1) is 9.50. The molecule has 0 spiro atoms. The van der Waals surface area contributed by atoms with E-state index in [2.05, 4.69) is 0 Å². The highest BCUT2D eigenvalue weighted by atomic mass is 127. The maximum absolute atomic E-state index is 11.1. The molecule has 0 saturated heterocycles. The lowest BCUT2D eigenvalue weighted by Gasteiger charge is -2.09. The second kappa shape index (κ2) is 5.87. The maximum Gasteiger partial charge on any atom is 0.342 e. The van der Waals surface area contributed by atoms with Gasteiger partial charge in [-0.1, -0.05) is 18.2 Å². The van der Waals surface area contributed by atoms with Crippen molar-refractivity contribution in [1.29, 1.82) is 0 Å². The van der Waals surface area contributed by atoms with E-state index in [0.29, 0.717) is 5.75 Å². The molecule has 0 amide bonds. The molecule has 0 atom stereocenters. The Labute approximate surface area is 127 Å². The van der Waals surface area contributed by atoms with Gasteiger partial charge < -0.3 is 9.84 Å². The summed E-state index contributed by atoms with van der Waals surface area (Å²) in [6.45, 7) is 0. The highest BCUT2D eigenvalue weighted by molar-refractivity contribution is 14.1. The minimum absolute atomic E-state index is 0.0981. The molecule has 0 aromatic heterocycles. The van der Waals surface area contributed by atoms with Gasteiger partial charge >= 0.3 is 11.7 Å². The zero-order valence-corrected chi connectivity index (χ0v) is 12.1. The van der Waals surface area contributed by atoms with E-state index in [1.165, 1.54) is 18.2 Å². The van der Waals surface area contributed by atoms with Gasteiger partial charge in [-0.05, 0) is 46.9 Å². The van der Waals surface area contributed by atoms with E-state index in [0.717, 1.165) is 3.57 Å². The molecule has 0 aliphatic heterocycles. The third-order valence-corrected chi connectivity index (χ3v) is 3.36. The quantitative estimate of drug-likeness (QED) is 0.493. The monoisotopic (exact) mass is 385 g/mol. The summed E-state index contributed by atoms with van der Waals surface area (Å²) in [7, 11) is 0. The van der Waals surface area contributed by atoms with Crippen molar-refractivity contribution in [3.8, 4) is 11.5 Å². The number of nitro groups is 1. The Balaban J connectivity index is 2.52. The molecule has 7 heteroatoms. The zero-order chi connectivity index (χ0) is 14.7. The first-order valence-electron chi connectivity index (χ1n) is 5.44. The van der Waals surface area contributed by atoms with Crippen LogP contribution in [-0.4, -0.2) is 16.0 Å². The fraction of sp³-hybridized carbons (Fsp3) is 0. The van der Waals surface area contributed by atoms with Crippen molar-refractivity contribution < 1.29 is 19.6 Å². The summed E-state index contributed by atoms with van der Waals surface area (Å²) in [5.74, 6) is -1.04. The number of benzene rings is 2. The molecule has 0 aliphatic rings. The number of ether oxygens (including phenoxy) is 1. The standard InChI is InChI=1S/C13H8INO5/c14-9-5-1-2-6-10(9)20-11-7-3-4-8(13(16)17)12(11)15(18)19/h1-7H,(H,16,17). The summed E-state index contributed by atoms with van der Waals surface area (Å²) in [5, 5.41) is 20.1. The second-order valence-corrected chi connectivity index (χ2v) is 4.91. The third kappa shape index (κ3) is 2.87. The summed E-state index contributed by atoms with van der Waals surface area (Å²) in [6, 6.07) is 10.9. The van der Waals surface area contributed by atoms with Gasteiger partial charge in [0.1, 0.15) is 11.3 Å². The van der Waals surface area contributed by atoms with Crippen LogP contribution in [0.4, 0.5) is 5.69 Å². The Morgan fingerprint density at radius 3 is 2.40 bits per heavy atom. The molecule has 20 heavy (non-hydrogen) atoms. The first kappa shape index (κ1) is 14.3. The Morgan fingerprint density at radius 1 is 1.15 bits per heavy atom. The smallest absolute Gasteiger partial charge is 0.342 e. The van der Waals surface area contributed by atoms with Crippen molar-refractivity contribution in [3.05, 3.63) is 61.7 Å². The molecule has 0 fully saturated rings. The van der Waals surface area contributed by atoms with E-state index in [-0.39, 0.29) is 5.75 Å². The minimum atomic E-state index is -1.37. The van der Waals surface area contributed by atoms with Crippen molar-refractivity contribution in [2.75, 3.05) is 0 Å². The molecule has 0 saturated carbocycles. The molecule has 2 rings (SSSR count). The summed E-state index contributed by atoms with van der Waals surface area (Å²) < 4.78 is 6.24. The molecule has 2 aromatic rings. The van der Waals surface area contributed by atoms with Crippen LogP contribution >= 0.6 is 22.6 Å². The van der Waals surface area contributed by atoms with Crippen LogP contribution < -0.4 is 4.74 Å². The number of hydrogen-bond acceptors (Lipinski definition) is 4. The number of halogens is 1. The van der Waals surface area contributed by atoms with E-state index in [1.807, 2.05) is 22.6 Å². The van der Waals surface area contributed by atoms with E-state index >= 15 is 0 Å². The lowest BCUT2D eigenvalue weighted by molar-refractivity contribution is -0.386. The van der Waals surface area contributed by atoms with Crippen LogP contribution in [0.3, 0.4) is 0 Å². The van der Waals surface area contributed by atoms with Gasteiger partial charge in [0, 0.05) is 0 Å². The predicted molar refractivity (Wildman–Crippen MR) is 79.3 cm³/mol. The predicted octanol–water partition coefficient (Wildman–Crippen LogP) is 3.69. The molecule has 0 unspecified atom stereocenters. The molecular weight excluding hydrogens is 377 g/mol. The fourth-order valence-electron chi connectivity index (χ4n) is 1.61. The minimum Gasteiger partial charge on any atom is -0.477 e. The largest absolute Gasteiger partial charge is 0.477 e. The van der Waals surface area contributed by atoms with E-state index < -0.39 is 22.1 Å². The number of aromatic carboxylic acids is 1. The number of nitro benzene ring substituents is 1. The van der Waals surface area contributed by atoms with Crippen LogP contribution in [0.5, 0.6) is 11.5 Å². The number of carboxylic acid groups (broad SMARTS) is 1. The number of rotatable bonds is 4. The molecule has 1 N–H and O–H groups in total. The van der Waals surface area contributed by atoms with Gasteiger partial charge in [0.15, 0.2) is 0 Å². The van der Waals surface area contributed by atoms with Gasteiger partial charge in [0.2, 0.25) is 5.75 Å². The Kier molecular flexibility index (Phi) is 4.18. The van der Waals surface area contributed by atoms with E-state index in [9.17, 15) is 14.9 Å². The van der Waals surface area contributed by atoms with Crippen molar-refractivity contribution in [3.63, 3.8) is 0 Å². The third-order valence-electron chi connectivity index (χ3n) is 2.47. The van der Waals surface area contributed by atoms with E-state index in [4.69, 9.17) is 9.84 Å². The average Bonchev–Trinajstić information content (AvgIpc) is 2.40. The van der Waals surface area contributed by atoms with Gasteiger partial charge in [-0.2, -0.15) is 0 Å². The van der Waals surface area contributed by atoms with Crippen LogP contribution in [0.1, 0.15) is 10.4 Å². The Morgan fingerprint density at radius 2 is 1.80 bits per heavy atom. The zero-order valence-electron chi connectivity index (χ0n) is 9.95. The van der Waals surface area contributed by atoms with Gasteiger partial charge in [0.25, 0.3) is 0 Å². The van der Waals surface area contributed by atoms with Gasteiger partial charge in [0.05, 0.1) is 8.49 Å². The van der Waals surface area contributed by atoms with Gasteiger partial charge in [-0.15, -0.1) is 0 Å². The summed E-state index contributed by atoms with van der Waals surface area (Å²) in [6.07, 6.45) is 0. The number of para-hydroxylation sites is 2. The molecule has 0 bridgehead atoms. The number of nitrogens with zero attached hydrogens (tertiary/aromatic N) is 1. The number of carbonyl (C=O) groups is 1. The Bertz CT molecular complexity index is 686. The molecular formula is C13H8INO5. The van der Waals surface area contributed by atoms with Crippen molar-refractivity contribution in [1.82, 2.24) is 0 Å². The normalized spacial score (nSPS) is 10.1. The summed E-state index contributed by atoms with van der Waals surface area (Å²) >= 11 is 2.03. The van der Waals surface area contributed by atoms with Crippen LogP contribution in [-0.2, 0) is 0 Å². The highest BCUT2D eigenvalue weighted by Crippen LogP contribution is 2.35. The molecule has 0 aliphatic carbocycles.